The predicted molar refractivity (Wildman–Crippen MR) is 116 cm³/mol. The number of methoxy groups -OCH3 is 1. The van der Waals surface area contributed by atoms with Gasteiger partial charge in [-0.05, 0) is 42.8 Å². The topological polar surface area (TPSA) is 123 Å². The third-order valence-electron chi connectivity index (χ3n) is 5.19. The molecule has 0 N–H and O–H groups in total. The molecule has 2 aliphatic rings. The number of nitrogens with zero attached hydrogens (tertiary/aromatic N) is 3. The fourth-order valence-electron chi connectivity index (χ4n) is 3.54. The number of non-ortho nitro benzene ring substituents is 1. The standard InChI is InChI=1S/C21H19N3O7S/c1-30-16-6-4-13(24(28)29)10-15(16)17-7-5-14(31-17)11-18-20(26)23(21(27)32-18)12-19(25)22-8-2-3-9-22/h4-7,10-11H,2-3,8-9,12H2,1H3/b18-11-. The maximum Gasteiger partial charge on any atom is 0.294 e. The third kappa shape index (κ3) is 4.24. The second-order valence-corrected chi connectivity index (χ2v) is 8.19. The Kier molecular flexibility index (Phi) is 5.99. The van der Waals surface area contributed by atoms with Gasteiger partial charge in [-0.2, -0.15) is 0 Å². The van der Waals surface area contributed by atoms with Crippen LogP contribution in [0.2, 0.25) is 0 Å². The summed E-state index contributed by atoms with van der Waals surface area (Å²) < 4.78 is 11.0. The second kappa shape index (κ2) is 8.87. The highest BCUT2D eigenvalue weighted by atomic mass is 32.2. The number of nitro groups is 1. The van der Waals surface area contributed by atoms with Crippen molar-refractivity contribution in [1.82, 2.24) is 9.80 Å². The lowest BCUT2D eigenvalue weighted by Crippen LogP contribution is -2.40. The highest BCUT2D eigenvalue weighted by molar-refractivity contribution is 8.18. The van der Waals surface area contributed by atoms with Crippen molar-refractivity contribution in [3.8, 4) is 17.1 Å². The molecule has 2 aromatic rings. The molecule has 10 nitrogen and oxygen atoms in total. The molecule has 0 spiro atoms. The molecular weight excluding hydrogens is 438 g/mol. The van der Waals surface area contributed by atoms with Crippen LogP contribution in [-0.2, 0) is 9.59 Å². The van der Waals surface area contributed by atoms with Crippen LogP contribution >= 0.6 is 11.8 Å². The normalized spacial score (nSPS) is 17.5. The van der Waals surface area contributed by atoms with E-state index in [1.54, 1.807) is 17.0 Å². The van der Waals surface area contributed by atoms with E-state index >= 15 is 0 Å². The monoisotopic (exact) mass is 457 g/mol. The van der Waals surface area contributed by atoms with Gasteiger partial charge in [-0.25, -0.2) is 0 Å². The molecule has 11 heteroatoms. The van der Waals surface area contributed by atoms with Gasteiger partial charge < -0.3 is 14.1 Å². The Bertz CT molecular complexity index is 1130. The van der Waals surface area contributed by atoms with E-state index in [0.717, 1.165) is 29.5 Å². The molecule has 3 amide bonds. The smallest absolute Gasteiger partial charge is 0.294 e. The van der Waals surface area contributed by atoms with Crippen molar-refractivity contribution >= 4 is 40.6 Å². The van der Waals surface area contributed by atoms with Crippen molar-refractivity contribution in [3.05, 3.63) is 51.1 Å². The maximum atomic E-state index is 12.7. The van der Waals surface area contributed by atoms with Crippen LogP contribution in [0.1, 0.15) is 18.6 Å². The molecule has 0 radical (unpaired) electrons. The molecule has 2 fully saturated rings. The molecule has 1 aromatic carbocycles. The largest absolute Gasteiger partial charge is 0.496 e. The number of furan rings is 1. The van der Waals surface area contributed by atoms with Crippen LogP contribution in [-0.4, -0.2) is 58.5 Å². The molecule has 2 aliphatic heterocycles. The van der Waals surface area contributed by atoms with Gasteiger partial charge >= 0.3 is 0 Å². The highest BCUT2D eigenvalue weighted by Gasteiger charge is 2.37. The quantitative estimate of drug-likeness (QED) is 0.367. The Morgan fingerprint density at radius 1 is 1.25 bits per heavy atom. The van der Waals surface area contributed by atoms with Crippen molar-refractivity contribution < 1.29 is 28.5 Å². The summed E-state index contributed by atoms with van der Waals surface area (Å²) in [6.07, 6.45) is 3.26. The van der Waals surface area contributed by atoms with E-state index in [-0.39, 0.29) is 28.8 Å². The zero-order valence-corrected chi connectivity index (χ0v) is 17.9. The molecule has 32 heavy (non-hydrogen) atoms. The Balaban J connectivity index is 1.54. The summed E-state index contributed by atoms with van der Waals surface area (Å²) in [5, 5.41) is 10.6. The minimum atomic E-state index is -0.557. The Morgan fingerprint density at radius 2 is 2.00 bits per heavy atom. The molecular formula is C21H19N3O7S. The van der Waals surface area contributed by atoms with Gasteiger partial charge in [-0.1, -0.05) is 0 Å². The zero-order valence-electron chi connectivity index (χ0n) is 17.1. The van der Waals surface area contributed by atoms with E-state index in [1.165, 1.54) is 31.4 Å². The molecule has 0 atom stereocenters. The van der Waals surface area contributed by atoms with Gasteiger partial charge in [0.05, 0.1) is 22.5 Å². The first-order valence-corrected chi connectivity index (χ1v) is 10.6. The summed E-state index contributed by atoms with van der Waals surface area (Å²) in [5.41, 5.74) is 0.258. The van der Waals surface area contributed by atoms with Gasteiger partial charge in [-0.3, -0.25) is 29.4 Å². The molecule has 0 bridgehead atoms. The molecule has 166 valence electrons. The number of rotatable bonds is 6. The summed E-state index contributed by atoms with van der Waals surface area (Å²) in [5.74, 6) is 0.171. The molecule has 3 heterocycles. The van der Waals surface area contributed by atoms with Crippen molar-refractivity contribution in [2.24, 2.45) is 0 Å². The molecule has 4 rings (SSSR count). The first-order valence-electron chi connectivity index (χ1n) is 9.83. The zero-order chi connectivity index (χ0) is 22.8. The number of likely N-dealkylation sites (tertiary alicyclic amines) is 1. The molecule has 0 saturated carbocycles. The van der Waals surface area contributed by atoms with Gasteiger partial charge in [0, 0.05) is 31.3 Å². The first kappa shape index (κ1) is 21.6. The number of carbonyl (C=O) groups is 3. The van der Waals surface area contributed by atoms with Crippen LogP contribution in [0, 0.1) is 10.1 Å². The maximum absolute atomic E-state index is 12.7. The van der Waals surface area contributed by atoms with Crippen LogP contribution in [0.15, 0.2) is 39.7 Å². The lowest BCUT2D eigenvalue weighted by Gasteiger charge is -2.18. The Morgan fingerprint density at radius 3 is 2.69 bits per heavy atom. The number of nitro benzene ring substituents is 1. The van der Waals surface area contributed by atoms with Gasteiger partial charge in [0.15, 0.2) is 0 Å². The van der Waals surface area contributed by atoms with Crippen LogP contribution in [0.25, 0.3) is 17.4 Å². The summed E-state index contributed by atoms with van der Waals surface area (Å²) in [6, 6.07) is 7.30. The summed E-state index contributed by atoms with van der Waals surface area (Å²) in [4.78, 5) is 50.6. The molecule has 1 aromatic heterocycles. The fraction of sp³-hybridized carbons (Fsp3) is 0.286. The summed E-state index contributed by atoms with van der Waals surface area (Å²) >= 11 is 0.734. The third-order valence-corrected chi connectivity index (χ3v) is 6.09. The number of imide groups is 1. The van der Waals surface area contributed by atoms with E-state index in [1.807, 2.05) is 0 Å². The Labute approximate surface area is 186 Å². The highest BCUT2D eigenvalue weighted by Crippen LogP contribution is 2.36. The van der Waals surface area contributed by atoms with Crippen LogP contribution in [0.3, 0.4) is 0 Å². The van der Waals surface area contributed by atoms with Crippen LogP contribution in [0.5, 0.6) is 5.75 Å². The van der Waals surface area contributed by atoms with Crippen molar-refractivity contribution in [2.45, 2.75) is 12.8 Å². The van der Waals surface area contributed by atoms with Gasteiger partial charge in [-0.15, -0.1) is 0 Å². The summed E-state index contributed by atoms with van der Waals surface area (Å²) in [6.45, 7) is 0.999. The number of amides is 3. The van der Waals surface area contributed by atoms with Crippen molar-refractivity contribution in [1.29, 1.82) is 0 Å². The number of benzene rings is 1. The number of ether oxygens (including phenoxy) is 1. The number of hydrogen-bond acceptors (Lipinski definition) is 8. The minimum Gasteiger partial charge on any atom is -0.496 e. The average molecular weight is 457 g/mol. The predicted octanol–water partition coefficient (Wildman–Crippen LogP) is 3.52. The van der Waals surface area contributed by atoms with E-state index in [4.69, 9.17) is 9.15 Å². The van der Waals surface area contributed by atoms with E-state index < -0.39 is 16.1 Å². The second-order valence-electron chi connectivity index (χ2n) is 7.20. The Hall–Kier alpha value is -3.60. The fourth-order valence-corrected chi connectivity index (χ4v) is 4.36. The van der Waals surface area contributed by atoms with E-state index in [0.29, 0.717) is 30.2 Å². The SMILES string of the molecule is COc1ccc([N+](=O)[O-])cc1-c1ccc(/C=C2\SC(=O)N(CC(=O)N3CCCC3)C2=O)o1. The average Bonchev–Trinajstić information content (AvgIpc) is 3.52. The number of carbonyl (C=O) groups excluding carboxylic acids is 3. The first-order chi connectivity index (χ1) is 15.4. The van der Waals surface area contributed by atoms with Crippen molar-refractivity contribution in [2.75, 3.05) is 26.7 Å². The molecule has 2 saturated heterocycles. The van der Waals surface area contributed by atoms with Gasteiger partial charge in [0.2, 0.25) is 5.91 Å². The lowest BCUT2D eigenvalue weighted by molar-refractivity contribution is -0.384. The van der Waals surface area contributed by atoms with Crippen LogP contribution < -0.4 is 4.74 Å². The molecule has 0 unspecified atom stereocenters. The van der Waals surface area contributed by atoms with Crippen LogP contribution in [0.4, 0.5) is 10.5 Å². The van der Waals surface area contributed by atoms with Gasteiger partial charge in [0.25, 0.3) is 16.8 Å². The minimum absolute atomic E-state index is 0.123. The van der Waals surface area contributed by atoms with Crippen molar-refractivity contribution in [3.63, 3.8) is 0 Å². The lowest BCUT2D eigenvalue weighted by atomic mass is 10.1. The summed E-state index contributed by atoms with van der Waals surface area (Å²) in [7, 11) is 1.44. The van der Waals surface area contributed by atoms with E-state index in [9.17, 15) is 24.5 Å². The number of hydrogen-bond donors (Lipinski definition) is 0. The molecule has 0 aliphatic carbocycles. The van der Waals surface area contributed by atoms with E-state index in [2.05, 4.69) is 0 Å². The van der Waals surface area contributed by atoms with Gasteiger partial charge in [0.1, 0.15) is 23.8 Å². The number of thioether (sulfide) groups is 1.